The summed E-state index contributed by atoms with van der Waals surface area (Å²) in [6, 6.07) is 9.82. The largest absolute Gasteiger partial charge is 0.329 e. The first kappa shape index (κ1) is 16.7. The number of imidazole rings is 1. The highest BCUT2D eigenvalue weighted by Gasteiger charge is 2.26. The molecule has 1 heterocycles. The molecule has 2 N–H and O–H groups in total. The molecule has 1 aromatic carbocycles. The quantitative estimate of drug-likeness (QED) is 0.789. The molecule has 0 saturated carbocycles. The van der Waals surface area contributed by atoms with Gasteiger partial charge in [-0.2, -0.15) is 4.31 Å². The van der Waals surface area contributed by atoms with Crippen LogP contribution >= 0.6 is 0 Å². The zero-order valence-electron chi connectivity index (χ0n) is 12.7. The van der Waals surface area contributed by atoms with Crippen molar-refractivity contribution in [1.29, 1.82) is 0 Å². The summed E-state index contributed by atoms with van der Waals surface area (Å²) in [6.45, 7) is 3.43. The number of aromatic nitrogens is 2. The van der Waals surface area contributed by atoms with E-state index in [1.54, 1.807) is 4.57 Å². The molecule has 0 aliphatic carbocycles. The fourth-order valence-electron chi connectivity index (χ4n) is 2.29. The van der Waals surface area contributed by atoms with E-state index < -0.39 is 10.0 Å². The molecular weight excluding hydrogens is 300 g/mol. The first-order valence-corrected chi connectivity index (χ1v) is 8.78. The monoisotopic (exact) mass is 322 g/mol. The molecule has 0 fully saturated rings. The molecule has 0 aliphatic heterocycles. The van der Waals surface area contributed by atoms with E-state index in [-0.39, 0.29) is 11.6 Å². The third-order valence-corrected chi connectivity index (χ3v) is 5.40. The smallest absolute Gasteiger partial charge is 0.260 e. The van der Waals surface area contributed by atoms with Gasteiger partial charge in [-0.15, -0.1) is 0 Å². The lowest BCUT2D eigenvalue weighted by molar-refractivity contribution is 0.416. The van der Waals surface area contributed by atoms with Gasteiger partial charge in [0.1, 0.15) is 0 Å². The van der Waals surface area contributed by atoms with E-state index >= 15 is 0 Å². The van der Waals surface area contributed by atoms with Crippen LogP contribution in [-0.4, -0.2) is 41.9 Å². The van der Waals surface area contributed by atoms with E-state index in [0.717, 1.165) is 5.56 Å². The number of hydrogen-bond acceptors (Lipinski definition) is 4. The summed E-state index contributed by atoms with van der Waals surface area (Å²) < 4.78 is 28.6. The van der Waals surface area contributed by atoms with Crippen molar-refractivity contribution in [3.05, 3.63) is 48.4 Å². The van der Waals surface area contributed by atoms with Crippen LogP contribution in [0, 0.1) is 0 Å². The Bertz CT molecular complexity index is 683. The molecule has 0 radical (unpaired) electrons. The maximum Gasteiger partial charge on any atom is 0.260 e. The number of rotatable bonds is 8. The maximum atomic E-state index is 12.8. The van der Waals surface area contributed by atoms with Crippen LogP contribution in [-0.2, 0) is 23.0 Å². The molecule has 2 aromatic rings. The van der Waals surface area contributed by atoms with Crippen LogP contribution in [0.3, 0.4) is 0 Å². The molecular formula is C15H22N4O2S. The van der Waals surface area contributed by atoms with E-state index in [0.29, 0.717) is 26.1 Å². The fourth-order valence-corrected chi connectivity index (χ4v) is 3.90. The highest BCUT2D eigenvalue weighted by molar-refractivity contribution is 7.89. The molecule has 0 amide bonds. The number of nitrogens with zero attached hydrogens (tertiary/aromatic N) is 3. The zero-order chi connectivity index (χ0) is 16.0. The van der Waals surface area contributed by atoms with Gasteiger partial charge in [0.05, 0.1) is 12.5 Å². The molecule has 0 aliphatic rings. The number of nitrogens with two attached hydrogens (primary N) is 1. The molecule has 2 rings (SSSR count). The molecule has 7 heteroatoms. The molecule has 6 nitrogen and oxygen atoms in total. The second-order valence-corrected chi connectivity index (χ2v) is 6.83. The van der Waals surface area contributed by atoms with Gasteiger partial charge in [-0.25, -0.2) is 13.4 Å². The lowest BCUT2D eigenvalue weighted by atomic mass is 10.1. The van der Waals surface area contributed by atoms with Crippen LogP contribution in [0.15, 0.2) is 47.9 Å². The first-order valence-electron chi connectivity index (χ1n) is 7.34. The van der Waals surface area contributed by atoms with Gasteiger partial charge in [-0.1, -0.05) is 30.3 Å². The Morgan fingerprint density at radius 3 is 2.59 bits per heavy atom. The second-order valence-electron chi connectivity index (χ2n) is 4.95. The molecule has 0 spiro atoms. The van der Waals surface area contributed by atoms with Gasteiger partial charge in [0.15, 0.2) is 5.03 Å². The Morgan fingerprint density at radius 2 is 1.95 bits per heavy atom. The maximum absolute atomic E-state index is 12.8. The molecule has 120 valence electrons. The van der Waals surface area contributed by atoms with E-state index in [1.807, 2.05) is 37.3 Å². The van der Waals surface area contributed by atoms with E-state index in [2.05, 4.69) is 4.98 Å². The summed E-state index contributed by atoms with van der Waals surface area (Å²) in [6.07, 6.45) is 3.58. The van der Waals surface area contributed by atoms with Crippen LogP contribution in [0.25, 0.3) is 0 Å². The molecule has 0 unspecified atom stereocenters. The van der Waals surface area contributed by atoms with Crippen LogP contribution in [0.2, 0.25) is 0 Å². The van der Waals surface area contributed by atoms with Crippen molar-refractivity contribution in [3.63, 3.8) is 0 Å². The van der Waals surface area contributed by atoms with E-state index in [4.69, 9.17) is 5.73 Å². The van der Waals surface area contributed by atoms with Gasteiger partial charge >= 0.3 is 0 Å². The average molecular weight is 322 g/mol. The number of benzene rings is 1. The fraction of sp³-hybridized carbons (Fsp3) is 0.400. The van der Waals surface area contributed by atoms with Crippen molar-refractivity contribution in [1.82, 2.24) is 13.9 Å². The third-order valence-electron chi connectivity index (χ3n) is 3.49. The van der Waals surface area contributed by atoms with Gasteiger partial charge < -0.3 is 10.3 Å². The van der Waals surface area contributed by atoms with Crippen molar-refractivity contribution in [2.75, 3.05) is 19.6 Å². The summed E-state index contributed by atoms with van der Waals surface area (Å²) in [4.78, 5) is 3.95. The predicted octanol–water partition coefficient (Wildman–Crippen LogP) is 1.10. The summed E-state index contributed by atoms with van der Waals surface area (Å²) >= 11 is 0. The lowest BCUT2D eigenvalue weighted by Crippen LogP contribution is -2.37. The zero-order valence-corrected chi connectivity index (χ0v) is 13.5. The van der Waals surface area contributed by atoms with Gasteiger partial charge in [0, 0.05) is 26.2 Å². The topological polar surface area (TPSA) is 81.2 Å². The van der Waals surface area contributed by atoms with Crippen molar-refractivity contribution in [3.8, 4) is 0 Å². The number of sulfonamides is 1. The molecule has 22 heavy (non-hydrogen) atoms. The van der Waals surface area contributed by atoms with Gasteiger partial charge in [-0.3, -0.25) is 0 Å². The normalized spacial score (nSPS) is 12.0. The minimum Gasteiger partial charge on any atom is -0.329 e. The van der Waals surface area contributed by atoms with Crippen LogP contribution in [0.5, 0.6) is 0 Å². The van der Waals surface area contributed by atoms with Crippen molar-refractivity contribution in [2.24, 2.45) is 5.73 Å². The van der Waals surface area contributed by atoms with E-state index in [1.165, 1.54) is 16.8 Å². The van der Waals surface area contributed by atoms with Crippen LogP contribution in [0.4, 0.5) is 0 Å². The summed E-state index contributed by atoms with van der Waals surface area (Å²) in [7, 11) is -3.58. The predicted molar refractivity (Wildman–Crippen MR) is 85.9 cm³/mol. The van der Waals surface area contributed by atoms with Gasteiger partial charge in [-0.05, 0) is 18.9 Å². The van der Waals surface area contributed by atoms with Gasteiger partial charge in [0.25, 0.3) is 10.0 Å². The van der Waals surface area contributed by atoms with Crippen molar-refractivity contribution >= 4 is 10.0 Å². The molecule has 1 aromatic heterocycles. The summed E-state index contributed by atoms with van der Waals surface area (Å²) in [5.74, 6) is 0. The van der Waals surface area contributed by atoms with E-state index in [9.17, 15) is 8.42 Å². The Kier molecular flexibility index (Phi) is 5.70. The Labute approximate surface area is 131 Å². The Hall–Kier alpha value is -1.70. The van der Waals surface area contributed by atoms with Crippen LogP contribution < -0.4 is 5.73 Å². The summed E-state index contributed by atoms with van der Waals surface area (Å²) in [5, 5.41) is 0.219. The van der Waals surface area contributed by atoms with Gasteiger partial charge in [0.2, 0.25) is 0 Å². The van der Waals surface area contributed by atoms with Crippen molar-refractivity contribution < 1.29 is 8.42 Å². The molecule has 0 saturated heterocycles. The Balaban J connectivity index is 2.19. The Morgan fingerprint density at radius 1 is 1.23 bits per heavy atom. The van der Waals surface area contributed by atoms with Crippen LogP contribution in [0.1, 0.15) is 12.5 Å². The SMILES string of the molecule is CCn1cncc1S(=O)(=O)N(CCN)CCc1ccccc1. The highest BCUT2D eigenvalue weighted by Crippen LogP contribution is 2.16. The van der Waals surface area contributed by atoms with Crippen molar-refractivity contribution in [2.45, 2.75) is 24.9 Å². The summed E-state index contributed by atoms with van der Waals surface area (Å²) in [5.41, 5.74) is 6.69. The standard InChI is InChI=1S/C15H22N4O2S/c1-2-18-13-17-12-15(18)22(20,21)19(11-9-16)10-8-14-6-4-3-5-7-14/h3-7,12-13H,2,8-11,16H2,1H3. The number of aryl methyl sites for hydroxylation is 1. The third kappa shape index (κ3) is 3.73. The first-order chi connectivity index (χ1) is 10.6. The molecule has 0 atom stereocenters. The highest BCUT2D eigenvalue weighted by atomic mass is 32.2. The lowest BCUT2D eigenvalue weighted by Gasteiger charge is -2.21. The average Bonchev–Trinajstić information content (AvgIpc) is 3.01. The minimum absolute atomic E-state index is 0.219. The second kappa shape index (κ2) is 7.53. The number of hydrogen-bond donors (Lipinski definition) is 1. The minimum atomic E-state index is -3.58. The molecule has 0 bridgehead atoms.